The van der Waals surface area contributed by atoms with E-state index in [0.29, 0.717) is 19.0 Å². The molecule has 0 atom stereocenters. The van der Waals surface area contributed by atoms with E-state index in [-0.39, 0.29) is 0 Å². The summed E-state index contributed by atoms with van der Waals surface area (Å²) in [5, 5.41) is 7.46. The maximum absolute atomic E-state index is 5.44. The topological polar surface area (TPSA) is 64.9 Å². The Morgan fingerprint density at radius 3 is 3.00 bits per heavy atom. The molecule has 0 aliphatic rings. The fraction of sp³-hybridized carbons (Fsp3) is 0.417. The number of hydrogen-bond donors (Lipinski definition) is 1. The number of aryl methyl sites for hydroxylation is 1. The van der Waals surface area contributed by atoms with Crippen LogP contribution in [0.1, 0.15) is 19.0 Å². The van der Waals surface area contributed by atoms with Crippen molar-refractivity contribution < 1.29 is 4.74 Å². The fourth-order valence-corrected chi connectivity index (χ4v) is 1.46. The lowest BCUT2D eigenvalue weighted by Gasteiger charge is -2.06. The van der Waals surface area contributed by atoms with Crippen molar-refractivity contribution in [2.45, 2.75) is 19.9 Å². The Morgan fingerprint density at radius 2 is 2.28 bits per heavy atom. The summed E-state index contributed by atoms with van der Waals surface area (Å²) in [7, 11) is 1.89. The molecule has 0 amide bonds. The molecular formula is C12H17N5O. The number of rotatable bonds is 6. The summed E-state index contributed by atoms with van der Waals surface area (Å²) in [6.45, 7) is 3.35. The third-order valence-corrected chi connectivity index (χ3v) is 2.32. The Balaban J connectivity index is 1.92. The molecule has 0 bridgehead atoms. The summed E-state index contributed by atoms with van der Waals surface area (Å²) in [5.41, 5.74) is 0.965. The standard InChI is InChI=1S/C12H17N5O/c1-3-6-18-12-7-11(14-9-15-12)13-8-10-4-5-17(2)16-10/h4-5,7,9H,3,6,8H2,1-2H3,(H,13,14,15). The number of aromatic nitrogens is 4. The Bertz CT molecular complexity index is 497. The summed E-state index contributed by atoms with van der Waals surface area (Å²) in [5.74, 6) is 1.33. The van der Waals surface area contributed by atoms with Gasteiger partial charge in [-0.1, -0.05) is 6.92 Å². The Morgan fingerprint density at radius 1 is 1.39 bits per heavy atom. The SMILES string of the molecule is CCCOc1cc(NCc2ccn(C)n2)ncn1. The van der Waals surface area contributed by atoms with Crippen LogP contribution in [-0.4, -0.2) is 26.4 Å². The fourth-order valence-electron chi connectivity index (χ4n) is 1.46. The van der Waals surface area contributed by atoms with Gasteiger partial charge in [-0.3, -0.25) is 4.68 Å². The van der Waals surface area contributed by atoms with Gasteiger partial charge in [0.2, 0.25) is 5.88 Å². The number of nitrogens with zero attached hydrogens (tertiary/aromatic N) is 4. The summed E-state index contributed by atoms with van der Waals surface area (Å²) in [6.07, 6.45) is 4.36. The zero-order chi connectivity index (χ0) is 12.8. The largest absolute Gasteiger partial charge is 0.478 e. The van der Waals surface area contributed by atoms with Crippen molar-refractivity contribution in [3.8, 4) is 5.88 Å². The maximum atomic E-state index is 5.44. The van der Waals surface area contributed by atoms with Crippen molar-refractivity contribution in [1.82, 2.24) is 19.7 Å². The normalized spacial score (nSPS) is 10.3. The molecule has 0 spiro atoms. The highest BCUT2D eigenvalue weighted by Gasteiger charge is 2.01. The number of hydrogen-bond acceptors (Lipinski definition) is 5. The van der Waals surface area contributed by atoms with Gasteiger partial charge in [-0.25, -0.2) is 9.97 Å². The number of ether oxygens (including phenoxy) is 1. The molecule has 0 radical (unpaired) electrons. The van der Waals surface area contributed by atoms with E-state index in [0.717, 1.165) is 17.9 Å². The first-order chi connectivity index (χ1) is 8.78. The predicted molar refractivity (Wildman–Crippen MR) is 68.4 cm³/mol. The first-order valence-electron chi connectivity index (χ1n) is 5.95. The Labute approximate surface area is 106 Å². The van der Waals surface area contributed by atoms with Crippen LogP contribution in [0.25, 0.3) is 0 Å². The van der Waals surface area contributed by atoms with Crippen molar-refractivity contribution in [1.29, 1.82) is 0 Å². The van der Waals surface area contributed by atoms with Gasteiger partial charge >= 0.3 is 0 Å². The Hall–Kier alpha value is -2.11. The van der Waals surface area contributed by atoms with Gasteiger partial charge in [-0.05, 0) is 12.5 Å². The lowest BCUT2D eigenvalue weighted by molar-refractivity contribution is 0.305. The third-order valence-electron chi connectivity index (χ3n) is 2.32. The van der Waals surface area contributed by atoms with Crippen LogP contribution in [0.5, 0.6) is 5.88 Å². The molecule has 2 aromatic heterocycles. The minimum absolute atomic E-state index is 0.593. The van der Waals surface area contributed by atoms with Gasteiger partial charge in [0.15, 0.2) is 0 Å². The van der Waals surface area contributed by atoms with Gasteiger partial charge in [-0.2, -0.15) is 5.10 Å². The molecule has 18 heavy (non-hydrogen) atoms. The minimum atomic E-state index is 0.593. The summed E-state index contributed by atoms with van der Waals surface area (Å²) >= 11 is 0. The highest BCUT2D eigenvalue weighted by molar-refractivity contribution is 5.37. The van der Waals surface area contributed by atoms with Crippen LogP contribution >= 0.6 is 0 Å². The van der Waals surface area contributed by atoms with Crippen LogP contribution in [0.15, 0.2) is 24.7 Å². The van der Waals surface area contributed by atoms with Gasteiger partial charge in [0, 0.05) is 19.3 Å². The van der Waals surface area contributed by atoms with Gasteiger partial charge in [-0.15, -0.1) is 0 Å². The average Bonchev–Trinajstić information content (AvgIpc) is 2.80. The highest BCUT2D eigenvalue weighted by Crippen LogP contribution is 2.11. The highest BCUT2D eigenvalue weighted by atomic mass is 16.5. The molecule has 2 aromatic rings. The minimum Gasteiger partial charge on any atom is -0.478 e. The zero-order valence-corrected chi connectivity index (χ0v) is 10.6. The first kappa shape index (κ1) is 12.3. The van der Waals surface area contributed by atoms with Crippen LogP contribution in [-0.2, 0) is 13.6 Å². The predicted octanol–water partition coefficient (Wildman–Crippen LogP) is 1.61. The summed E-state index contributed by atoms with van der Waals surface area (Å²) in [4.78, 5) is 8.18. The van der Waals surface area contributed by atoms with E-state index in [2.05, 4.69) is 27.3 Å². The summed E-state index contributed by atoms with van der Waals surface area (Å²) < 4.78 is 7.21. The molecule has 2 heterocycles. The van der Waals surface area contributed by atoms with E-state index in [1.165, 1.54) is 6.33 Å². The molecule has 0 saturated carbocycles. The maximum Gasteiger partial charge on any atom is 0.218 e. The lowest BCUT2D eigenvalue weighted by atomic mass is 10.4. The van der Waals surface area contributed by atoms with Crippen LogP contribution in [0.3, 0.4) is 0 Å². The molecule has 0 fully saturated rings. The van der Waals surface area contributed by atoms with Gasteiger partial charge in [0.25, 0.3) is 0 Å². The van der Waals surface area contributed by atoms with E-state index in [1.54, 1.807) is 10.7 Å². The molecule has 0 saturated heterocycles. The van der Waals surface area contributed by atoms with Crippen molar-refractivity contribution in [3.05, 3.63) is 30.4 Å². The third kappa shape index (κ3) is 3.44. The molecule has 1 N–H and O–H groups in total. The second-order valence-electron chi connectivity index (χ2n) is 3.92. The number of anilines is 1. The van der Waals surface area contributed by atoms with E-state index in [4.69, 9.17) is 4.74 Å². The van der Waals surface area contributed by atoms with Crippen molar-refractivity contribution in [3.63, 3.8) is 0 Å². The van der Waals surface area contributed by atoms with E-state index < -0.39 is 0 Å². The van der Waals surface area contributed by atoms with E-state index >= 15 is 0 Å². The first-order valence-corrected chi connectivity index (χ1v) is 5.95. The van der Waals surface area contributed by atoms with Gasteiger partial charge in [0.05, 0.1) is 18.8 Å². The van der Waals surface area contributed by atoms with Crippen LogP contribution < -0.4 is 10.1 Å². The molecular weight excluding hydrogens is 230 g/mol. The van der Waals surface area contributed by atoms with Crippen molar-refractivity contribution >= 4 is 5.82 Å². The van der Waals surface area contributed by atoms with Crippen molar-refractivity contribution in [2.24, 2.45) is 7.05 Å². The quantitative estimate of drug-likeness (QED) is 0.840. The molecule has 0 aromatic carbocycles. The summed E-state index contributed by atoms with van der Waals surface area (Å²) in [6, 6.07) is 3.75. The molecule has 2 rings (SSSR count). The molecule has 96 valence electrons. The van der Waals surface area contributed by atoms with Crippen LogP contribution in [0, 0.1) is 0 Å². The molecule has 0 aliphatic carbocycles. The van der Waals surface area contributed by atoms with Crippen LogP contribution in [0.4, 0.5) is 5.82 Å². The molecule has 0 unspecified atom stereocenters. The van der Waals surface area contributed by atoms with Gasteiger partial charge < -0.3 is 10.1 Å². The molecule has 6 heteroatoms. The number of nitrogens with one attached hydrogen (secondary N) is 1. The second kappa shape index (κ2) is 6.00. The molecule has 0 aliphatic heterocycles. The van der Waals surface area contributed by atoms with Gasteiger partial charge in [0.1, 0.15) is 12.1 Å². The van der Waals surface area contributed by atoms with E-state index in [1.807, 2.05) is 19.3 Å². The van der Waals surface area contributed by atoms with Crippen molar-refractivity contribution in [2.75, 3.05) is 11.9 Å². The van der Waals surface area contributed by atoms with E-state index in [9.17, 15) is 0 Å². The van der Waals surface area contributed by atoms with Crippen LogP contribution in [0.2, 0.25) is 0 Å². The monoisotopic (exact) mass is 247 g/mol. The smallest absolute Gasteiger partial charge is 0.218 e. The lowest BCUT2D eigenvalue weighted by Crippen LogP contribution is -2.04. The molecule has 6 nitrogen and oxygen atoms in total. The second-order valence-corrected chi connectivity index (χ2v) is 3.92. The Kier molecular flexibility index (Phi) is 4.11. The average molecular weight is 247 g/mol. The zero-order valence-electron chi connectivity index (χ0n) is 10.6.